The van der Waals surface area contributed by atoms with Crippen molar-refractivity contribution in [1.82, 2.24) is 0 Å². The Morgan fingerprint density at radius 3 is 2.50 bits per heavy atom. The summed E-state index contributed by atoms with van der Waals surface area (Å²) in [5.74, 6) is -0.459. The minimum atomic E-state index is -1.26. The van der Waals surface area contributed by atoms with Crippen LogP contribution in [0, 0.1) is 0 Å². The Morgan fingerprint density at radius 1 is 1.50 bits per heavy atom. The quantitative estimate of drug-likeness (QED) is 0.322. The first-order valence-electron chi connectivity index (χ1n) is 3.31. The highest BCUT2D eigenvalue weighted by atomic mass is 35.6. The van der Waals surface area contributed by atoms with Gasteiger partial charge in [0.1, 0.15) is 0 Å². The standard InChI is InChI=1S/C7H9Cl3O2/c1-2-6(11)12-5-3-4-7(8,9)10/h2H,1,3-5H2. The molecule has 0 bridgehead atoms. The van der Waals surface area contributed by atoms with E-state index in [-0.39, 0.29) is 6.61 Å². The fraction of sp³-hybridized carbons (Fsp3) is 0.571. The number of carbonyl (C=O) groups is 1. The zero-order chi connectivity index (χ0) is 9.61. The van der Waals surface area contributed by atoms with Crippen LogP contribution in [0.4, 0.5) is 0 Å². The van der Waals surface area contributed by atoms with Crippen molar-refractivity contribution >= 4 is 40.8 Å². The van der Waals surface area contributed by atoms with Crippen LogP contribution >= 0.6 is 34.8 Å². The second kappa shape index (κ2) is 5.68. The van der Waals surface area contributed by atoms with E-state index in [1.807, 2.05) is 0 Å². The second-order valence-electron chi connectivity index (χ2n) is 2.09. The van der Waals surface area contributed by atoms with Gasteiger partial charge in [-0.15, -0.1) is 0 Å². The minimum absolute atomic E-state index is 0.249. The van der Waals surface area contributed by atoms with E-state index in [0.29, 0.717) is 12.8 Å². The molecule has 0 fully saturated rings. The molecule has 0 spiro atoms. The first kappa shape index (κ1) is 12.1. The molecule has 0 heterocycles. The van der Waals surface area contributed by atoms with Gasteiger partial charge in [-0.3, -0.25) is 0 Å². The van der Waals surface area contributed by atoms with E-state index in [1.165, 1.54) is 0 Å². The van der Waals surface area contributed by atoms with Crippen LogP contribution in [0.3, 0.4) is 0 Å². The van der Waals surface area contributed by atoms with Gasteiger partial charge < -0.3 is 4.74 Å². The summed E-state index contributed by atoms with van der Waals surface area (Å²) in [6, 6.07) is 0. The first-order chi connectivity index (χ1) is 5.45. The largest absolute Gasteiger partial charge is 0.463 e. The van der Waals surface area contributed by atoms with Crippen LogP contribution in [0.25, 0.3) is 0 Å². The van der Waals surface area contributed by atoms with E-state index in [2.05, 4.69) is 11.3 Å². The van der Waals surface area contributed by atoms with Gasteiger partial charge in [-0.2, -0.15) is 0 Å². The smallest absolute Gasteiger partial charge is 0.330 e. The van der Waals surface area contributed by atoms with Crippen LogP contribution in [-0.2, 0) is 9.53 Å². The minimum Gasteiger partial charge on any atom is -0.463 e. The highest BCUT2D eigenvalue weighted by Gasteiger charge is 2.18. The van der Waals surface area contributed by atoms with Crippen LogP contribution < -0.4 is 0 Å². The lowest BCUT2D eigenvalue weighted by molar-refractivity contribution is -0.137. The normalized spacial score (nSPS) is 10.9. The zero-order valence-corrected chi connectivity index (χ0v) is 8.62. The number of hydrogen-bond donors (Lipinski definition) is 0. The lowest BCUT2D eigenvalue weighted by Gasteiger charge is -2.09. The molecule has 0 aromatic carbocycles. The Labute approximate surface area is 86.4 Å². The highest BCUT2D eigenvalue weighted by molar-refractivity contribution is 6.67. The number of rotatable bonds is 4. The molecular weight excluding hydrogens is 222 g/mol. The molecule has 2 nitrogen and oxygen atoms in total. The average molecular weight is 232 g/mol. The molecule has 0 N–H and O–H groups in total. The second-order valence-corrected chi connectivity index (χ2v) is 4.61. The van der Waals surface area contributed by atoms with Gasteiger partial charge in [0.2, 0.25) is 0 Å². The predicted molar refractivity (Wildman–Crippen MR) is 50.7 cm³/mol. The van der Waals surface area contributed by atoms with Crippen LogP contribution in [0.5, 0.6) is 0 Å². The van der Waals surface area contributed by atoms with Gasteiger partial charge in [0, 0.05) is 6.08 Å². The summed E-state index contributed by atoms with van der Waals surface area (Å²) >= 11 is 16.4. The van der Waals surface area contributed by atoms with Crippen molar-refractivity contribution in [2.75, 3.05) is 6.61 Å². The fourth-order valence-corrected chi connectivity index (χ4v) is 0.905. The van der Waals surface area contributed by atoms with Crippen molar-refractivity contribution in [1.29, 1.82) is 0 Å². The maximum atomic E-state index is 10.5. The Hall–Kier alpha value is 0.0800. The van der Waals surface area contributed by atoms with Gasteiger partial charge >= 0.3 is 5.97 Å². The van der Waals surface area contributed by atoms with Gasteiger partial charge in [0.15, 0.2) is 3.79 Å². The number of ether oxygens (including phenoxy) is 1. The summed E-state index contributed by atoms with van der Waals surface area (Å²) in [6.45, 7) is 3.48. The van der Waals surface area contributed by atoms with Gasteiger partial charge in [-0.25, -0.2) is 4.79 Å². The third kappa shape index (κ3) is 8.18. The number of hydrogen-bond acceptors (Lipinski definition) is 2. The van der Waals surface area contributed by atoms with Crippen molar-refractivity contribution in [3.8, 4) is 0 Å². The van der Waals surface area contributed by atoms with Crippen molar-refractivity contribution in [3.05, 3.63) is 12.7 Å². The Bertz CT molecular complexity index is 163. The third-order valence-corrected chi connectivity index (χ3v) is 1.58. The summed E-state index contributed by atoms with van der Waals surface area (Å²) in [6.07, 6.45) is 1.98. The summed E-state index contributed by atoms with van der Waals surface area (Å²) < 4.78 is 3.39. The average Bonchev–Trinajstić information content (AvgIpc) is 1.96. The van der Waals surface area contributed by atoms with Gasteiger partial charge in [0.25, 0.3) is 0 Å². The third-order valence-electron chi connectivity index (χ3n) is 1.02. The maximum Gasteiger partial charge on any atom is 0.330 e. The van der Waals surface area contributed by atoms with Crippen molar-refractivity contribution < 1.29 is 9.53 Å². The van der Waals surface area contributed by atoms with Crippen LogP contribution in [0.15, 0.2) is 12.7 Å². The van der Waals surface area contributed by atoms with Crippen molar-refractivity contribution in [3.63, 3.8) is 0 Å². The molecule has 0 aromatic rings. The number of esters is 1. The molecule has 0 unspecified atom stereocenters. The highest BCUT2D eigenvalue weighted by Crippen LogP contribution is 2.31. The maximum absolute atomic E-state index is 10.5. The van der Waals surface area contributed by atoms with E-state index < -0.39 is 9.76 Å². The van der Waals surface area contributed by atoms with Gasteiger partial charge in [-0.1, -0.05) is 41.4 Å². The summed E-state index contributed by atoms with van der Waals surface area (Å²) in [4.78, 5) is 10.5. The molecule has 70 valence electrons. The van der Waals surface area contributed by atoms with E-state index in [4.69, 9.17) is 34.8 Å². The molecule has 0 atom stereocenters. The monoisotopic (exact) mass is 230 g/mol. The lowest BCUT2D eigenvalue weighted by atomic mass is 10.3. The molecule has 0 aliphatic heterocycles. The van der Waals surface area contributed by atoms with Crippen LogP contribution in [0.1, 0.15) is 12.8 Å². The van der Waals surface area contributed by atoms with Gasteiger partial charge in [-0.05, 0) is 12.8 Å². The predicted octanol–water partition coefficient (Wildman–Crippen LogP) is 2.87. The summed E-state index contributed by atoms with van der Waals surface area (Å²) in [5, 5.41) is 0. The SMILES string of the molecule is C=CC(=O)OCCCC(Cl)(Cl)Cl. The molecular formula is C7H9Cl3O2. The fourth-order valence-electron chi connectivity index (χ4n) is 0.504. The Balaban J connectivity index is 3.34. The van der Waals surface area contributed by atoms with Crippen molar-refractivity contribution in [2.45, 2.75) is 16.6 Å². The lowest BCUT2D eigenvalue weighted by Crippen LogP contribution is -2.07. The molecule has 0 saturated carbocycles. The molecule has 5 heteroatoms. The van der Waals surface area contributed by atoms with Crippen LogP contribution in [-0.4, -0.2) is 16.4 Å². The van der Waals surface area contributed by atoms with E-state index in [1.54, 1.807) is 0 Å². The number of alkyl halides is 3. The molecule has 0 aliphatic carbocycles. The Kier molecular flexibility index (Phi) is 5.72. The van der Waals surface area contributed by atoms with E-state index >= 15 is 0 Å². The summed E-state index contributed by atoms with van der Waals surface area (Å²) in [5.41, 5.74) is 0. The van der Waals surface area contributed by atoms with Crippen molar-refractivity contribution in [2.24, 2.45) is 0 Å². The van der Waals surface area contributed by atoms with Crippen LogP contribution in [0.2, 0.25) is 0 Å². The van der Waals surface area contributed by atoms with E-state index in [9.17, 15) is 4.79 Å². The van der Waals surface area contributed by atoms with Gasteiger partial charge in [0.05, 0.1) is 6.61 Å². The van der Waals surface area contributed by atoms with E-state index in [0.717, 1.165) is 6.08 Å². The molecule has 0 amide bonds. The molecule has 0 saturated heterocycles. The first-order valence-corrected chi connectivity index (χ1v) is 4.45. The topological polar surface area (TPSA) is 26.3 Å². The summed E-state index contributed by atoms with van der Waals surface area (Å²) in [7, 11) is 0. The Morgan fingerprint density at radius 2 is 2.08 bits per heavy atom. The number of halogens is 3. The number of carbonyl (C=O) groups excluding carboxylic acids is 1. The molecule has 12 heavy (non-hydrogen) atoms. The zero-order valence-electron chi connectivity index (χ0n) is 6.36. The molecule has 0 rings (SSSR count). The molecule has 0 radical (unpaired) electrons. The molecule has 0 aliphatic rings. The molecule has 0 aromatic heterocycles.